The first kappa shape index (κ1) is 3.61. The van der Waals surface area contributed by atoms with E-state index in [0.29, 0.717) is 12.0 Å². The van der Waals surface area contributed by atoms with Gasteiger partial charge in [0.15, 0.2) is 6.04 Å². The monoisotopic (exact) mass is 97.1 g/mol. The molecule has 2 aliphatic rings. The molecule has 2 rings (SSSR count). The van der Waals surface area contributed by atoms with Crippen LogP contribution in [-0.4, -0.2) is 17.8 Å². The molecule has 1 aliphatic heterocycles. The molecule has 0 radical (unpaired) electrons. The van der Waals surface area contributed by atoms with E-state index in [2.05, 4.69) is 18.1 Å². The third-order valence-electron chi connectivity index (χ3n) is 2.09. The van der Waals surface area contributed by atoms with Crippen molar-refractivity contribution in [1.29, 1.82) is 0 Å². The molecule has 38 valence electrons. The van der Waals surface area contributed by atoms with E-state index >= 15 is 0 Å². The van der Waals surface area contributed by atoms with E-state index in [-0.39, 0.29) is 5.54 Å². The zero-order chi connectivity index (χ0) is 5.07. The molecule has 1 aliphatic carbocycles. The Balaban J connectivity index is 2.28. The Labute approximate surface area is 42.4 Å². The quantitative estimate of drug-likeness (QED) is 0.356. The minimum atomic E-state index is 0.111. The van der Waals surface area contributed by atoms with Crippen molar-refractivity contribution in [1.82, 2.24) is 0 Å². The van der Waals surface area contributed by atoms with E-state index in [9.17, 15) is 0 Å². The highest BCUT2D eigenvalue weighted by Crippen LogP contribution is 2.38. The molecule has 0 aromatic heterocycles. The molecule has 1 saturated carbocycles. The van der Waals surface area contributed by atoms with Crippen molar-refractivity contribution >= 4 is 6.21 Å². The Morgan fingerprint density at radius 1 is 1.86 bits per heavy atom. The zero-order valence-corrected chi connectivity index (χ0v) is 4.31. The highest BCUT2D eigenvalue weighted by atomic mass is 15.1. The maximum Gasteiger partial charge on any atom is 0.183 e. The predicted octanol–water partition coefficient (Wildman–Crippen LogP) is -2.13. The SMILES string of the molecule is CC1(N)C2C=[NH+]C21. The van der Waals surface area contributed by atoms with Crippen molar-refractivity contribution < 1.29 is 4.99 Å². The number of nitrogens with two attached hydrogens (primary N) is 1. The van der Waals surface area contributed by atoms with Gasteiger partial charge in [0, 0.05) is 0 Å². The second kappa shape index (κ2) is 0.650. The molecule has 0 spiro atoms. The van der Waals surface area contributed by atoms with Crippen molar-refractivity contribution in [2.45, 2.75) is 18.5 Å². The van der Waals surface area contributed by atoms with Gasteiger partial charge < -0.3 is 5.73 Å². The molecule has 0 amide bonds. The van der Waals surface area contributed by atoms with Gasteiger partial charge >= 0.3 is 0 Å². The number of hydrogen-bond acceptors (Lipinski definition) is 1. The van der Waals surface area contributed by atoms with E-state index in [4.69, 9.17) is 5.73 Å². The lowest BCUT2D eigenvalue weighted by atomic mass is 10.3. The van der Waals surface area contributed by atoms with Gasteiger partial charge in [-0.05, 0) is 6.92 Å². The summed E-state index contributed by atoms with van der Waals surface area (Å²) in [5.74, 6) is 0.687. The Hall–Kier alpha value is -0.370. The Morgan fingerprint density at radius 3 is 2.43 bits per heavy atom. The van der Waals surface area contributed by atoms with Crippen LogP contribution in [0.4, 0.5) is 0 Å². The molecule has 1 fully saturated rings. The van der Waals surface area contributed by atoms with Crippen LogP contribution < -0.4 is 10.7 Å². The van der Waals surface area contributed by atoms with Crippen LogP contribution in [0.2, 0.25) is 0 Å². The van der Waals surface area contributed by atoms with E-state index < -0.39 is 0 Å². The molecule has 1 heterocycles. The highest BCUT2D eigenvalue weighted by Gasteiger charge is 2.70. The van der Waals surface area contributed by atoms with Crippen molar-refractivity contribution in [2.75, 3.05) is 0 Å². The summed E-state index contributed by atoms with van der Waals surface area (Å²) < 4.78 is 0. The van der Waals surface area contributed by atoms with Crippen molar-refractivity contribution in [3.8, 4) is 0 Å². The van der Waals surface area contributed by atoms with E-state index in [0.717, 1.165) is 0 Å². The maximum absolute atomic E-state index is 5.72. The fourth-order valence-corrected chi connectivity index (χ4v) is 1.21. The fourth-order valence-electron chi connectivity index (χ4n) is 1.21. The van der Waals surface area contributed by atoms with Crippen molar-refractivity contribution in [3.63, 3.8) is 0 Å². The van der Waals surface area contributed by atoms with Crippen LogP contribution in [0.5, 0.6) is 0 Å². The largest absolute Gasteiger partial charge is 0.319 e. The van der Waals surface area contributed by atoms with Gasteiger partial charge in [-0.2, -0.15) is 0 Å². The van der Waals surface area contributed by atoms with Gasteiger partial charge in [0.2, 0.25) is 0 Å². The van der Waals surface area contributed by atoms with Crippen LogP contribution in [0.1, 0.15) is 6.92 Å². The fraction of sp³-hybridized carbons (Fsp3) is 0.800. The topological polar surface area (TPSA) is 40.0 Å². The minimum absolute atomic E-state index is 0.111. The molecule has 2 heteroatoms. The molecular weight excluding hydrogens is 88.1 g/mol. The minimum Gasteiger partial charge on any atom is -0.319 e. The van der Waals surface area contributed by atoms with Crippen LogP contribution in [-0.2, 0) is 0 Å². The molecule has 0 aromatic carbocycles. The normalized spacial score (nSPS) is 63.7. The molecule has 3 atom stereocenters. The molecule has 0 saturated heterocycles. The summed E-state index contributed by atoms with van der Waals surface area (Å²) >= 11 is 0. The summed E-state index contributed by atoms with van der Waals surface area (Å²) in [6, 6.07) is 0.618. The highest BCUT2D eigenvalue weighted by molar-refractivity contribution is 5.69. The number of fused-ring (bicyclic) bond motifs is 1. The van der Waals surface area contributed by atoms with Crippen LogP contribution in [0.3, 0.4) is 0 Å². The Kier molecular flexibility index (Phi) is 0.335. The summed E-state index contributed by atoms with van der Waals surface area (Å²) in [6.07, 6.45) is 2.07. The third-order valence-corrected chi connectivity index (χ3v) is 2.09. The summed E-state index contributed by atoms with van der Waals surface area (Å²) in [5, 5.41) is 0. The van der Waals surface area contributed by atoms with Gasteiger partial charge in [-0.3, -0.25) is 0 Å². The van der Waals surface area contributed by atoms with E-state index in [1.165, 1.54) is 0 Å². The lowest BCUT2D eigenvalue weighted by Gasteiger charge is -1.87. The Morgan fingerprint density at radius 2 is 2.43 bits per heavy atom. The Bertz CT molecular complexity index is 123. The second-order valence-electron chi connectivity index (χ2n) is 2.70. The van der Waals surface area contributed by atoms with Gasteiger partial charge in [0.25, 0.3) is 0 Å². The summed E-state index contributed by atoms with van der Waals surface area (Å²) in [7, 11) is 0. The standard InChI is InChI=1S/C5H8N2/c1-5(6)3-2-7-4(3)5/h2-4H,6H2,1H3/p+1. The van der Waals surface area contributed by atoms with Gasteiger partial charge in [-0.25, -0.2) is 4.99 Å². The van der Waals surface area contributed by atoms with Crippen LogP contribution in [0, 0.1) is 5.92 Å². The average molecular weight is 97.1 g/mol. The van der Waals surface area contributed by atoms with Crippen molar-refractivity contribution in [3.05, 3.63) is 0 Å². The predicted molar refractivity (Wildman–Crippen MR) is 26.9 cm³/mol. The molecule has 3 N–H and O–H groups in total. The van der Waals surface area contributed by atoms with Gasteiger partial charge in [0.1, 0.15) is 12.1 Å². The van der Waals surface area contributed by atoms with E-state index in [1.54, 1.807) is 0 Å². The molecule has 0 aromatic rings. The van der Waals surface area contributed by atoms with Crippen LogP contribution >= 0.6 is 0 Å². The van der Waals surface area contributed by atoms with Crippen LogP contribution in [0.15, 0.2) is 0 Å². The molecule has 3 unspecified atom stereocenters. The molecule has 7 heavy (non-hydrogen) atoms. The molecular formula is C5H9N2+. The first-order valence-electron chi connectivity index (χ1n) is 2.61. The van der Waals surface area contributed by atoms with Gasteiger partial charge in [-0.1, -0.05) is 0 Å². The van der Waals surface area contributed by atoms with Crippen molar-refractivity contribution in [2.24, 2.45) is 11.7 Å². The number of nitrogens with one attached hydrogen (secondary N) is 1. The lowest BCUT2D eigenvalue weighted by molar-refractivity contribution is -0.496. The summed E-state index contributed by atoms with van der Waals surface area (Å²) in [5.41, 5.74) is 5.83. The third kappa shape index (κ3) is 0.214. The van der Waals surface area contributed by atoms with Crippen LogP contribution in [0.25, 0.3) is 0 Å². The number of rotatable bonds is 0. The lowest BCUT2D eigenvalue weighted by Crippen LogP contribution is -2.79. The van der Waals surface area contributed by atoms with Gasteiger partial charge in [0.05, 0.1) is 5.54 Å². The summed E-state index contributed by atoms with van der Waals surface area (Å²) in [6.45, 7) is 2.08. The first-order valence-corrected chi connectivity index (χ1v) is 2.61. The number of hydrogen-bond donors (Lipinski definition) is 2. The average Bonchev–Trinajstić information content (AvgIpc) is 1.52. The maximum atomic E-state index is 5.72. The molecule has 2 nitrogen and oxygen atoms in total. The molecule has 0 bridgehead atoms. The van der Waals surface area contributed by atoms with E-state index in [1.807, 2.05) is 0 Å². The zero-order valence-electron chi connectivity index (χ0n) is 4.31. The second-order valence-corrected chi connectivity index (χ2v) is 2.70. The van der Waals surface area contributed by atoms with Gasteiger partial charge in [-0.15, -0.1) is 0 Å². The first-order chi connectivity index (χ1) is 3.23. The summed E-state index contributed by atoms with van der Waals surface area (Å²) in [4.78, 5) is 3.12. The smallest absolute Gasteiger partial charge is 0.183 e.